The summed E-state index contributed by atoms with van der Waals surface area (Å²) >= 11 is 6.66. The summed E-state index contributed by atoms with van der Waals surface area (Å²) in [7, 11) is 1.58. The minimum Gasteiger partial charge on any atom is -0.493 e. The number of halogens is 3. The van der Waals surface area contributed by atoms with Crippen molar-refractivity contribution in [1.29, 1.82) is 5.26 Å². The van der Waals surface area contributed by atoms with Crippen LogP contribution in [0.5, 0.6) is 17.2 Å². The van der Waals surface area contributed by atoms with E-state index in [9.17, 15) is 18.8 Å². The number of urea groups is 1. The monoisotopic (exact) mass is 706 g/mol. The van der Waals surface area contributed by atoms with E-state index in [0.717, 1.165) is 51.4 Å². The Morgan fingerprint density at radius 1 is 1.04 bits per heavy atom. The first-order valence-electron chi connectivity index (χ1n) is 16.4. The predicted molar refractivity (Wildman–Crippen MR) is 186 cm³/mol. The lowest BCUT2D eigenvalue weighted by atomic mass is 10.1. The van der Waals surface area contributed by atoms with Crippen LogP contribution in [-0.4, -0.2) is 86.6 Å². The van der Waals surface area contributed by atoms with Crippen LogP contribution in [0.1, 0.15) is 24.8 Å². The summed E-state index contributed by atoms with van der Waals surface area (Å²) < 4.78 is 51.3. The molecule has 0 atom stereocenters. The second-order valence-electron chi connectivity index (χ2n) is 11.9. The number of para-hydroxylation sites is 1. The molecule has 2 aliphatic rings. The van der Waals surface area contributed by atoms with E-state index in [1.54, 1.807) is 31.4 Å². The standard InChI is InChI=1S/C36H37ClF2N6O5/c1-47-32-20-30-26(19-33(32)49-15-3-10-44-13-16-48-17-14-44)34(23(21-40)22-41-30)42-24-6-7-31(27(37)18-24)50-25-8-11-45(12-9-25)36(46)43-35-28(38)4-2-5-29(35)39/h2,4-7,18-20,22,25H,3,8-17H2,1H3,(H,41,42)(H,43,46). The topological polar surface area (TPSA) is 121 Å². The van der Waals surface area contributed by atoms with E-state index in [1.807, 2.05) is 6.07 Å². The molecule has 262 valence electrons. The number of fused-ring (bicyclic) bond motifs is 1. The van der Waals surface area contributed by atoms with Crippen molar-refractivity contribution in [3.8, 4) is 23.3 Å². The zero-order valence-electron chi connectivity index (χ0n) is 27.5. The number of rotatable bonds is 11. The summed E-state index contributed by atoms with van der Waals surface area (Å²) in [6.45, 7) is 5.38. The van der Waals surface area contributed by atoms with Gasteiger partial charge in [0.2, 0.25) is 0 Å². The Bertz CT molecular complexity index is 1860. The molecule has 0 aliphatic carbocycles. The van der Waals surface area contributed by atoms with E-state index < -0.39 is 23.4 Å². The third kappa shape index (κ3) is 8.27. The Kier molecular flexibility index (Phi) is 11.3. The van der Waals surface area contributed by atoms with Crippen molar-refractivity contribution < 1.29 is 32.5 Å². The average Bonchev–Trinajstić information content (AvgIpc) is 3.13. The first-order valence-corrected chi connectivity index (χ1v) is 16.8. The van der Waals surface area contributed by atoms with Gasteiger partial charge in [0, 0.05) is 68.9 Å². The molecule has 11 nitrogen and oxygen atoms in total. The molecular weight excluding hydrogens is 670 g/mol. The van der Waals surface area contributed by atoms with Crippen molar-refractivity contribution >= 4 is 45.6 Å². The van der Waals surface area contributed by atoms with Crippen LogP contribution >= 0.6 is 11.6 Å². The number of pyridine rings is 1. The highest BCUT2D eigenvalue weighted by molar-refractivity contribution is 6.32. The van der Waals surface area contributed by atoms with Gasteiger partial charge in [0.05, 0.1) is 48.7 Å². The van der Waals surface area contributed by atoms with Gasteiger partial charge in [0.25, 0.3) is 0 Å². The van der Waals surface area contributed by atoms with Gasteiger partial charge in [0.1, 0.15) is 35.2 Å². The number of carbonyl (C=O) groups is 1. The summed E-state index contributed by atoms with van der Waals surface area (Å²) in [6, 6.07) is 13.9. The molecule has 4 aromatic rings. The summed E-state index contributed by atoms with van der Waals surface area (Å²) in [4.78, 5) is 21.0. The van der Waals surface area contributed by atoms with Gasteiger partial charge < -0.3 is 34.5 Å². The number of benzene rings is 3. The number of carbonyl (C=O) groups excluding carboxylic acids is 1. The molecular formula is C36H37ClF2N6O5. The maximum absolute atomic E-state index is 14.0. The quantitative estimate of drug-likeness (QED) is 0.159. The van der Waals surface area contributed by atoms with Crippen LogP contribution in [0.2, 0.25) is 5.02 Å². The van der Waals surface area contributed by atoms with E-state index in [0.29, 0.717) is 82.7 Å². The number of likely N-dealkylation sites (tertiary alicyclic amines) is 1. The number of methoxy groups -OCH3 is 1. The maximum Gasteiger partial charge on any atom is 0.322 e. The number of amides is 2. The third-order valence-electron chi connectivity index (χ3n) is 8.67. The zero-order chi connectivity index (χ0) is 35.0. The molecule has 0 saturated carbocycles. The number of anilines is 3. The molecule has 50 heavy (non-hydrogen) atoms. The lowest BCUT2D eigenvalue weighted by Crippen LogP contribution is -2.44. The van der Waals surface area contributed by atoms with E-state index in [1.165, 1.54) is 17.2 Å². The van der Waals surface area contributed by atoms with Crippen molar-refractivity contribution in [1.82, 2.24) is 14.8 Å². The Morgan fingerprint density at radius 2 is 1.80 bits per heavy atom. The molecule has 2 amide bonds. The maximum atomic E-state index is 14.0. The van der Waals surface area contributed by atoms with Gasteiger partial charge in [0.15, 0.2) is 11.5 Å². The van der Waals surface area contributed by atoms with Gasteiger partial charge in [-0.2, -0.15) is 5.26 Å². The second kappa shape index (κ2) is 16.2. The molecule has 2 N–H and O–H groups in total. The number of morpholine rings is 1. The molecule has 2 aliphatic heterocycles. The normalized spacial score (nSPS) is 15.4. The van der Waals surface area contributed by atoms with Gasteiger partial charge in [-0.3, -0.25) is 9.88 Å². The van der Waals surface area contributed by atoms with Crippen LogP contribution in [0.4, 0.5) is 30.6 Å². The molecule has 0 unspecified atom stereocenters. The van der Waals surface area contributed by atoms with E-state index in [4.69, 9.17) is 30.5 Å². The van der Waals surface area contributed by atoms with Gasteiger partial charge in [-0.25, -0.2) is 13.6 Å². The van der Waals surface area contributed by atoms with Crippen LogP contribution in [0, 0.1) is 23.0 Å². The van der Waals surface area contributed by atoms with Crippen molar-refractivity contribution in [3.05, 3.63) is 76.9 Å². The summed E-state index contributed by atoms with van der Waals surface area (Å²) in [5.74, 6) is -0.121. The minimum atomic E-state index is -0.838. The number of ether oxygens (including phenoxy) is 4. The molecule has 0 radical (unpaired) electrons. The molecule has 14 heteroatoms. The fourth-order valence-electron chi connectivity index (χ4n) is 5.96. The molecule has 6 rings (SSSR count). The van der Waals surface area contributed by atoms with Gasteiger partial charge >= 0.3 is 6.03 Å². The summed E-state index contributed by atoms with van der Waals surface area (Å²) in [5.41, 5.74) is 1.66. The average molecular weight is 707 g/mol. The van der Waals surface area contributed by atoms with Crippen LogP contribution in [0.25, 0.3) is 10.9 Å². The molecule has 1 aromatic heterocycles. The van der Waals surface area contributed by atoms with E-state index in [-0.39, 0.29) is 6.10 Å². The predicted octanol–water partition coefficient (Wildman–Crippen LogP) is 6.97. The number of nitrogens with one attached hydrogen (secondary N) is 2. The highest BCUT2D eigenvalue weighted by atomic mass is 35.5. The number of hydrogen-bond donors (Lipinski definition) is 2. The number of nitrogens with zero attached hydrogens (tertiary/aromatic N) is 4. The van der Waals surface area contributed by atoms with Crippen molar-refractivity contribution in [2.24, 2.45) is 0 Å². The first-order chi connectivity index (χ1) is 24.3. The Balaban J connectivity index is 1.10. The Morgan fingerprint density at radius 3 is 2.50 bits per heavy atom. The summed E-state index contributed by atoms with van der Waals surface area (Å²) in [5, 5.41) is 16.6. The van der Waals surface area contributed by atoms with Crippen LogP contribution in [0.3, 0.4) is 0 Å². The number of hydrogen-bond acceptors (Lipinski definition) is 9. The number of aromatic nitrogens is 1. The van der Waals surface area contributed by atoms with Crippen molar-refractivity contribution in [2.45, 2.75) is 25.4 Å². The summed E-state index contributed by atoms with van der Waals surface area (Å²) in [6.07, 6.45) is 3.11. The molecule has 0 spiro atoms. The smallest absolute Gasteiger partial charge is 0.322 e. The molecule has 3 heterocycles. The van der Waals surface area contributed by atoms with E-state index >= 15 is 0 Å². The van der Waals surface area contributed by atoms with Crippen LogP contribution in [0.15, 0.2) is 54.7 Å². The Labute approximate surface area is 293 Å². The van der Waals surface area contributed by atoms with Gasteiger partial charge in [-0.05, 0) is 42.8 Å². The fourth-order valence-corrected chi connectivity index (χ4v) is 6.19. The molecule has 2 fully saturated rings. The number of piperidine rings is 1. The van der Waals surface area contributed by atoms with Crippen molar-refractivity contribution in [2.75, 3.05) is 70.3 Å². The molecule has 2 saturated heterocycles. The van der Waals surface area contributed by atoms with E-state index in [2.05, 4.69) is 26.6 Å². The minimum absolute atomic E-state index is 0.225. The van der Waals surface area contributed by atoms with Crippen LogP contribution in [-0.2, 0) is 4.74 Å². The fraction of sp³-hybridized carbons (Fsp3) is 0.361. The Hall–Kier alpha value is -4.90. The largest absolute Gasteiger partial charge is 0.493 e. The third-order valence-corrected chi connectivity index (χ3v) is 8.97. The van der Waals surface area contributed by atoms with Gasteiger partial charge in [-0.1, -0.05) is 17.7 Å². The highest BCUT2D eigenvalue weighted by Crippen LogP contribution is 2.38. The zero-order valence-corrected chi connectivity index (χ0v) is 28.3. The van der Waals surface area contributed by atoms with Crippen LogP contribution < -0.4 is 24.8 Å². The highest BCUT2D eigenvalue weighted by Gasteiger charge is 2.26. The first kappa shape index (κ1) is 34.9. The second-order valence-corrected chi connectivity index (χ2v) is 12.3. The van der Waals surface area contributed by atoms with Crippen molar-refractivity contribution in [3.63, 3.8) is 0 Å². The SMILES string of the molecule is COc1cc2ncc(C#N)c(Nc3ccc(OC4CCN(C(=O)Nc5c(F)cccc5F)CC4)c(Cl)c3)c2cc1OCCCN1CCOCC1. The van der Waals surface area contributed by atoms with Gasteiger partial charge in [-0.15, -0.1) is 0 Å². The number of nitriles is 1. The molecule has 0 bridgehead atoms. The lowest BCUT2D eigenvalue weighted by molar-refractivity contribution is 0.0357. The lowest BCUT2D eigenvalue weighted by Gasteiger charge is -2.32. The molecule has 3 aromatic carbocycles.